The van der Waals surface area contributed by atoms with Crippen LogP contribution in [0.4, 0.5) is 8.78 Å². The maximum absolute atomic E-state index is 12.8. The van der Waals surface area contributed by atoms with Gasteiger partial charge in [-0.2, -0.15) is 0 Å². The Morgan fingerprint density at radius 3 is 2.64 bits per heavy atom. The standard InChI is InChI=1S/C7H7F2N2/c8-5-2-1-4(3-10)6(9)7(5)11/h2H,3,10-11H2/q+1. The van der Waals surface area contributed by atoms with Crippen LogP contribution in [0.5, 0.6) is 0 Å². The fraction of sp³-hybridized carbons (Fsp3) is 0.143. The van der Waals surface area contributed by atoms with E-state index in [0.717, 1.165) is 6.08 Å². The minimum absolute atomic E-state index is 0.0314. The van der Waals surface area contributed by atoms with Gasteiger partial charge in [0.2, 0.25) is 5.70 Å². The van der Waals surface area contributed by atoms with Crippen LogP contribution in [0.25, 0.3) is 0 Å². The third-order valence-corrected chi connectivity index (χ3v) is 1.34. The highest BCUT2D eigenvalue weighted by atomic mass is 19.1. The number of halogens is 2. The predicted octanol–water partition coefficient (Wildman–Crippen LogP) is 0.681. The van der Waals surface area contributed by atoms with Crippen molar-refractivity contribution in [3.63, 3.8) is 0 Å². The molecule has 0 aromatic rings. The average molecular weight is 157 g/mol. The van der Waals surface area contributed by atoms with Gasteiger partial charge in [-0.15, -0.1) is 8.78 Å². The molecule has 0 saturated carbocycles. The van der Waals surface area contributed by atoms with Crippen LogP contribution in [0.1, 0.15) is 0 Å². The monoisotopic (exact) mass is 157 g/mol. The molecule has 0 heterocycles. The van der Waals surface area contributed by atoms with Gasteiger partial charge in [0.05, 0.1) is 12.6 Å². The van der Waals surface area contributed by atoms with Gasteiger partial charge in [-0.25, -0.2) is 0 Å². The fourth-order valence-corrected chi connectivity index (χ4v) is 0.708. The first kappa shape index (κ1) is 7.85. The Bertz CT molecular complexity index is 264. The van der Waals surface area contributed by atoms with Crippen molar-refractivity contribution < 1.29 is 8.78 Å². The quantitative estimate of drug-likeness (QED) is 0.550. The van der Waals surface area contributed by atoms with Gasteiger partial charge in [-0.1, -0.05) is 0 Å². The zero-order chi connectivity index (χ0) is 8.43. The number of rotatable bonds is 1. The molecule has 4 N–H and O–H groups in total. The Hall–Kier alpha value is -1.25. The largest absolute Gasteiger partial charge is 0.372 e. The molecule has 58 valence electrons. The van der Waals surface area contributed by atoms with E-state index < -0.39 is 17.4 Å². The van der Waals surface area contributed by atoms with Gasteiger partial charge in [0.25, 0.3) is 11.7 Å². The maximum atomic E-state index is 12.8. The molecule has 11 heavy (non-hydrogen) atoms. The Morgan fingerprint density at radius 2 is 2.09 bits per heavy atom. The molecule has 4 heteroatoms. The second-order valence-electron chi connectivity index (χ2n) is 2.05. The fourth-order valence-electron chi connectivity index (χ4n) is 0.708. The molecule has 0 atom stereocenters. The van der Waals surface area contributed by atoms with Crippen molar-refractivity contribution >= 4 is 0 Å². The highest BCUT2D eigenvalue weighted by molar-refractivity contribution is 5.41. The number of nitrogens with two attached hydrogens (primary N) is 2. The predicted molar refractivity (Wildman–Crippen MR) is 37.3 cm³/mol. The molecular weight excluding hydrogens is 150 g/mol. The summed E-state index contributed by atoms with van der Waals surface area (Å²) in [6, 6.07) is 0. The first-order valence-electron chi connectivity index (χ1n) is 3.01. The third kappa shape index (κ3) is 1.27. The molecule has 1 rings (SSSR count). The zero-order valence-electron chi connectivity index (χ0n) is 5.70. The lowest BCUT2D eigenvalue weighted by molar-refractivity contribution is 0.592. The van der Waals surface area contributed by atoms with E-state index in [1.807, 2.05) is 0 Å². The molecule has 0 aromatic heterocycles. The summed E-state index contributed by atoms with van der Waals surface area (Å²) < 4.78 is 25.2. The zero-order valence-corrected chi connectivity index (χ0v) is 5.70. The molecule has 2 nitrogen and oxygen atoms in total. The number of hydrogen-bond acceptors (Lipinski definition) is 2. The van der Waals surface area contributed by atoms with Crippen LogP contribution in [0.15, 0.2) is 29.0 Å². The molecule has 0 unspecified atom stereocenters. The van der Waals surface area contributed by atoms with Crippen LogP contribution in [0.3, 0.4) is 0 Å². The van der Waals surface area contributed by atoms with Crippen LogP contribution < -0.4 is 11.5 Å². The molecule has 0 radical (unpaired) electrons. The van der Waals surface area contributed by atoms with Gasteiger partial charge < -0.3 is 11.5 Å². The molecular formula is C7H7F2N2+. The first-order chi connectivity index (χ1) is 5.16. The number of allylic oxidation sites excluding steroid dienone is 3. The van der Waals surface area contributed by atoms with Gasteiger partial charge in [0, 0.05) is 0 Å². The van der Waals surface area contributed by atoms with Crippen LogP contribution in [0, 0.1) is 6.08 Å². The van der Waals surface area contributed by atoms with E-state index >= 15 is 0 Å². The van der Waals surface area contributed by atoms with Crippen LogP contribution in [0.2, 0.25) is 0 Å². The lowest BCUT2D eigenvalue weighted by Gasteiger charge is -1.96. The van der Waals surface area contributed by atoms with Crippen molar-refractivity contribution in [3.8, 4) is 0 Å². The lowest BCUT2D eigenvalue weighted by atomic mass is 10.1. The summed E-state index contributed by atoms with van der Waals surface area (Å²) in [5, 5.41) is 0. The molecule has 0 amide bonds. The topological polar surface area (TPSA) is 52.0 Å². The van der Waals surface area contributed by atoms with Gasteiger partial charge in [0.1, 0.15) is 6.08 Å². The highest BCUT2D eigenvalue weighted by Gasteiger charge is 2.25. The Kier molecular flexibility index (Phi) is 1.98. The van der Waals surface area contributed by atoms with Crippen LogP contribution >= 0.6 is 0 Å². The van der Waals surface area contributed by atoms with Crippen molar-refractivity contribution in [2.45, 2.75) is 0 Å². The molecule has 0 saturated heterocycles. The van der Waals surface area contributed by atoms with E-state index in [0.29, 0.717) is 0 Å². The average Bonchev–Trinajstić information content (AvgIpc) is 2.01. The van der Waals surface area contributed by atoms with Gasteiger partial charge in [0.15, 0.2) is 5.57 Å². The second-order valence-corrected chi connectivity index (χ2v) is 2.05. The summed E-state index contributed by atoms with van der Waals surface area (Å²) in [6.07, 6.45) is 3.31. The SMILES string of the molecule is NCC1=C(F)C(N)=C(F)C=[C+]1. The van der Waals surface area contributed by atoms with Gasteiger partial charge in [-0.3, -0.25) is 0 Å². The van der Waals surface area contributed by atoms with Gasteiger partial charge >= 0.3 is 0 Å². The molecule has 1 aliphatic carbocycles. The molecule has 1 aliphatic rings. The summed E-state index contributed by atoms with van der Waals surface area (Å²) in [5.41, 5.74) is 9.76. The summed E-state index contributed by atoms with van der Waals surface area (Å²) in [7, 11) is 0. The number of hydrogen-bond donors (Lipinski definition) is 2. The van der Waals surface area contributed by atoms with Crippen molar-refractivity contribution in [1.82, 2.24) is 0 Å². The van der Waals surface area contributed by atoms with E-state index in [4.69, 9.17) is 11.5 Å². The highest BCUT2D eigenvalue weighted by Crippen LogP contribution is 2.22. The maximum Gasteiger partial charge on any atom is 0.272 e. The van der Waals surface area contributed by atoms with Crippen molar-refractivity contribution in [2.75, 3.05) is 6.54 Å². The normalized spacial score (nSPS) is 17.4. The Balaban J connectivity index is 3.11. The smallest absolute Gasteiger partial charge is 0.272 e. The summed E-state index contributed by atoms with van der Waals surface area (Å²) in [4.78, 5) is 0. The lowest BCUT2D eigenvalue weighted by Crippen LogP contribution is -2.11. The Morgan fingerprint density at radius 1 is 1.45 bits per heavy atom. The molecule has 0 fully saturated rings. The van der Waals surface area contributed by atoms with E-state index in [1.54, 1.807) is 0 Å². The molecule has 0 spiro atoms. The second kappa shape index (κ2) is 2.78. The summed E-state index contributed by atoms with van der Waals surface area (Å²) in [6.45, 7) is -0.0314. The molecule has 0 aliphatic heterocycles. The minimum atomic E-state index is -0.813. The van der Waals surface area contributed by atoms with Crippen LogP contribution in [-0.2, 0) is 0 Å². The molecule has 0 aromatic carbocycles. The van der Waals surface area contributed by atoms with Gasteiger partial charge in [-0.05, 0) is 0 Å². The van der Waals surface area contributed by atoms with E-state index in [9.17, 15) is 8.78 Å². The van der Waals surface area contributed by atoms with Crippen LogP contribution in [-0.4, -0.2) is 6.54 Å². The summed E-state index contributed by atoms with van der Waals surface area (Å²) >= 11 is 0. The van der Waals surface area contributed by atoms with Crippen molar-refractivity contribution in [3.05, 3.63) is 35.1 Å². The van der Waals surface area contributed by atoms with E-state index in [-0.39, 0.29) is 12.1 Å². The third-order valence-electron chi connectivity index (χ3n) is 1.34. The first-order valence-corrected chi connectivity index (χ1v) is 3.01. The minimum Gasteiger partial charge on any atom is -0.372 e. The summed E-state index contributed by atoms with van der Waals surface area (Å²) in [5.74, 6) is -1.62. The van der Waals surface area contributed by atoms with Crippen molar-refractivity contribution in [1.29, 1.82) is 0 Å². The van der Waals surface area contributed by atoms with Crippen molar-refractivity contribution in [2.24, 2.45) is 11.5 Å². The molecule has 0 bridgehead atoms. The Labute approximate surface area is 62.9 Å². The van der Waals surface area contributed by atoms with E-state index in [1.165, 1.54) is 0 Å². The van der Waals surface area contributed by atoms with E-state index in [2.05, 4.69) is 6.08 Å².